The molecule has 0 aliphatic carbocycles. The maximum atomic E-state index is 12.6. The molecule has 1 aromatic carbocycles. The molecule has 0 aliphatic rings. The molecule has 0 aliphatic heterocycles. The van der Waals surface area contributed by atoms with Crippen molar-refractivity contribution in [2.75, 3.05) is 4.72 Å². The van der Waals surface area contributed by atoms with Gasteiger partial charge in [0, 0.05) is 5.69 Å². The zero-order chi connectivity index (χ0) is 19.1. The van der Waals surface area contributed by atoms with Crippen LogP contribution < -0.4 is 4.72 Å². The number of anilines is 1. The van der Waals surface area contributed by atoms with E-state index in [4.69, 9.17) is 0 Å². The zero-order valence-electron chi connectivity index (χ0n) is 13.7. The molecule has 138 valence electrons. The van der Waals surface area contributed by atoms with Gasteiger partial charge in [-0.25, -0.2) is 8.42 Å². The number of thiophene rings is 1. The fourth-order valence-electron chi connectivity index (χ4n) is 2.21. The van der Waals surface area contributed by atoms with E-state index in [-0.39, 0.29) is 9.90 Å². The minimum Gasteiger partial charge on any atom is -0.279 e. The smallest absolute Gasteiger partial charge is 0.279 e. The van der Waals surface area contributed by atoms with Gasteiger partial charge in [-0.05, 0) is 55.3 Å². The standard InChI is InChI=1S/C16H14F3N3O2S2/c1-9-3-4-11(7-10(9)2)22-26(23,24)15-6-5-13(25-15)12-8-14(21-20-12)16(17,18)19/h3-8,22H,1-2H3,(H,20,21). The summed E-state index contributed by atoms with van der Waals surface area (Å²) in [6, 6.07) is 8.78. The fourth-order valence-corrected chi connectivity index (χ4v) is 4.52. The average Bonchev–Trinajstić information content (AvgIpc) is 3.18. The lowest BCUT2D eigenvalue weighted by Gasteiger charge is -2.08. The van der Waals surface area contributed by atoms with E-state index in [1.54, 1.807) is 18.2 Å². The van der Waals surface area contributed by atoms with Crippen LogP contribution in [-0.2, 0) is 16.2 Å². The van der Waals surface area contributed by atoms with Gasteiger partial charge < -0.3 is 0 Å². The van der Waals surface area contributed by atoms with E-state index in [0.29, 0.717) is 10.6 Å². The van der Waals surface area contributed by atoms with Crippen LogP contribution >= 0.6 is 11.3 Å². The summed E-state index contributed by atoms with van der Waals surface area (Å²) in [4.78, 5) is 0.317. The Morgan fingerprint density at radius 1 is 1.08 bits per heavy atom. The maximum absolute atomic E-state index is 12.6. The Balaban J connectivity index is 1.86. The molecule has 10 heteroatoms. The Hall–Kier alpha value is -2.33. The molecule has 0 radical (unpaired) electrons. The summed E-state index contributed by atoms with van der Waals surface area (Å²) in [5.41, 5.74) is 1.44. The van der Waals surface area contributed by atoms with Crippen molar-refractivity contribution in [3.05, 3.63) is 53.2 Å². The van der Waals surface area contributed by atoms with Crippen LogP contribution in [-0.4, -0.2) is 18.6 Å². The molecule has 3 rings (SSSR count). The van der Waals surface area contributed by atoms with E-state index in [1.807, 2.05) is 18.9 Å². The van der Waals surface area contributed by atoms with Crippen molar-refractivity contribution in [2.24, 2.45) is 0 Å². The number of aromatic amines is 1. The predicted octanol–water partition coefficient (Wildman–Crippen LogP) is 4.57. The molecule has 0 unspecified atom stereocenters. The van der Waals surface area contributed by atoms with E-state index in [1.165, 1.54) is 12.1 Å². The fraction of sp³-hybridized carbons (Fsp3) is 0.188. The van der Waals surface area contributed by atoms with Gasteiger partial charge in [0.1, 0.15) is 15.6 Å². The first-order valence-corrected chi connectivity index (χ1v) is 9.69. The summed E-state index contributed by atoms with van der Waals surface area (Å²) in [6.07, 6.45) is -4.54. The largest absolute Gasteiger partial charge is 0.432 e. The number of aromatic nitrogens is 2. The third-order valence-electron chi connectivity index (χ3n) is 3.74. The van der Waals surface area contributed by atoms with Crippen LogP contribution in [0.15, 0.2) is 40.6 Å². The number of benzene rings is 1. The lowest BCUT2D eigenvalue weighted by molar-refractivity contribution is -0.141. The molecule has 0 saturated carbocycles. The number of sulfonamides is 1. The number of nitrogens with zero attached hydrogens (tertiary/aromatic N) is 1. The molecule has 5 nitrogen and oxygen atoms in total. The Bertz CT molecular complexity index is 1050. The predicted molar refractivity (Wildman–Crippen MR) is 93.6 cm³/mol. The number of rotatable bonds is 4. The molecule has 2 aromatic heterocycles. The Labute approximate surface area is 151 Å². The third kappa shape index (κ3) is 3.75. The molecule has 0 amide bonds. The SMILES string of the molecule is Cc1ccc(NS(=O)(=O)c2ccc(-c3cc(C(F)(F)F)[nH]n3)s2)cc1C. The van der Waals surface area contributed by atoms with Crippen LogP contribution in [0.25, 0.3) is 10.6 Å². The first kappa shape index (κ1) is 18.5. The normalized spacial score (nSPS) is 12.3. The van der Waals surface area contributed by atoms with Crippen LogP contribution in [0.1, 0.15) is 16.8 Å². The monoisotopic (exact) mass is 401 g/mol. The van der Waals surface area contributed by atoms with Gasteiger partial charge >= 0.3 is 6.18 Å². The van der Waals surface area contributed by atoms with Crippen LogP contribution in [0, 0.1) is 13.8 Å². The van der Waals surface area contributed by atoms with Crippen molar-refractivity contribution in [1.82, 2.24) is 10.2 Å². The van der Waals surface area contributed by atoms with Gasteiger partial charge in [0.15, 0.2) is 0 Å². The van der Waals surface area contributed by atoms with Gasteiger partial charge in [-0.2, -0.15) is 18.3 Å². The number of alkyl halides is 3. The molecular formula is C16H14F3N3O2S2. The van der Waals surface area contributed by atoms with Crippen LogP contribution in [0.4, 0.5) is 18.9 Å². The molecule has 0 saturated heterocycles. The molecule has 0 bridgehead atoms. The Morgan fingerprint density at radius 3 is 2.42 bits per heavy atom. The molecule has 0 spiro atoms. The van der Waals surface area contributed by atoms with Gasteiger partial charge in [0.25, 0.3) is 10.0 Å². The summed E-state index contributed by atoms with van der Waals surface area (Å²) in [5.74, 6) is 0. The second-order valence-electron chi connectivity index (χ2n) is 5.69. The Kier molecular flexibility index (Phi) is 4.57. The lowest BCUT2D eigenvalue weighted by Crippen LogP contribution is -2.11. The van der Waals surface area contributed by atoms with Crippen molar-refractivity contribution < 1.29 is 21.6 Å². The quantitative estimate of drug-likeness (QED) is 0.672. The van der Waals surface area contributed by atoms with E-state index < -0.39 is 21.9 Å². The maximum Gasteiger partial charge on any atom is 0.432 e. The molecule has 2 heterocycles. The summed E-state index contributed by atoms with van der Waals surface area (Å²) in [5, 5.41) is 5.51. The summed E-state index contributed by atoms with van der Waals surface area (Å²) in [6.45, 7) is 3.78. The summed E-state index contributed by atoms with van der Waals surface area (Å²) in [7, 11) is -3.84. The highest BCUT2D eigenvalue weighted by atomic mass is 32.2. The van der Waals surface area contributed by atoms with Crippen molar-refractivity contribution in [3.8, 4) is 10.6 Å². The molecular weight excluding hydrogens is 387 g/mol. The molecule has 0 atom stereocenters. The van der Waals surface area contributed by atoms with Gasteiger partial charge in [0.05, 0.1) is 4.88 Å². The average molecular weight is 401 g/mol. The summed E-state index contributed by atoms with van der Waals surface area (Å²) >= 11 is 0.843. The first-order valence-electron chi connectivity index (χ1n) is 7.39. The number of hydrogen-bond donors (Lipinski definition) is 2. The molecule has 2 N–H and O–H groups in total. The number of H-pyrrole nitrogens is 1. The van der Waals surface area contributed by atoms with E-state index in [2.05, 4.69) is 9.82 Å². The van der Waals surface area contributed by atoms with E-state index >= 15 is 0 Å². The van der Waals surface area contributed by atoms with Crippen molar-refractivity contribution in [1.29, 1.82) is 0 Å². The van der Waals surface area contributed by atoms with Crippen LogP contribution in [0.3, 0.4) is 0 Å². The summed E-state index contributed by atoms with van der Waals surface area (Å²) < 4.78 is 65.4. The highest BCUT2D eigenvalue weighted by Crippen LogP contribution is 2.34. The number of aryl methyl sites for hydroxylation is 2. The van der Waals surface area contributed by atoms with Crippen LogP contribution in [0.5, 0.6) is 0 Å². The van der Waals surface area contributed by atoms with Gasteiger partial charge in [-0.3, -0.25) is 9.82 Å². The minimum atomic E-state index is -4.54. The van der Waals surface area contributed by atoms with Gasteiger partial charge in [-0.1, -0.05) is 6.07 Å². The highest BCUT2D eigenvalue weighted by molar-refractivity contribution is 7.94. The zero-order valence-corrected chi connectivity index (χ0v) is 15.3. The minimum absolute atomic E-state index is 0.0118. The number of nitrogens with one attached hydrogen (secondary N) is 2. The van der Waals surface area contributed by atoms with Crippen LogP contribution in [0.2, 0.25) is 0 Å². The topological polar surface area (TPSA) is 74.8 Å². The van der Waals surface area contributed by atoms with Crippen molar-refractivity contribution in [2.45, 2.75) is 24.2 Å². The molecule has 0 fully saturated rings. The molecule has 3 aromatic rings. The number of halogens is 3. The second-order valence-corrected chi connectivity index (χ2v) is 8.68. The van der Waals surface area contributed by atoms with E-state index in [0.717, 1.165) is 28.5 Å². The number of hydrogen-bond acceptors (Lipinski definition) is 4. The van der Waals surface area contributed by atoms with Crippen molar-refractivity contribution in [3.63, 3.8) is 0 Å². The van der Waals surface area contributed by atoms with Gasteiger partial charge in [-0.15, -0.1) is 11.3 Å². The lowest BCUT2D eigenvalue weighted by atomic mass is 10.1. The third-order valence-corrected chi connectivity index (χ3v) is 6.72. The van der Waals surface area contributed by atoms with Gasteiger partial charge in [0.2, 0.25) is 0 Å². The molecule has 26 heavy (non-hydrogen) atoms. The van der Waals surface area contributed by atoms with E-state index in [9.17, 15) is 21.6 Å². The Morgan fingerprint density at radius 2 is 1.81 bits per heavy atom. The first-order chi connectivity index (χ1) is 12.1. The van der Waals surface area contributed by atoms with Crippen molar-refractivity contribution >= 4 is 27.0 Å². The highest BCUT2D eigenvalue weighted by Gasteiger charge is 2.33. The second kappa shape index (κ2) is 6.44.